The molecule has 0 aliphatic carbocycles. The van der Waals surface area contributed by atoms with Crippen molar-refractivity contribution in [3.63, 3.8) is 0 Å². The predicted octanol–water partition coefficient (Wildman–Crippen LogP) is 5.39. The first-order valence-corrected chi connectivity index (χ1v) is 17.2. The molecule has 2 heterocycles. The van der Waals surface area contributed by atoms with E-state index in [2.05, 4.69) is 79.6 Å². The Balaban J connectivity index is 2.40. The normalized spacial score (nSPS) is 30.7. The zero-order chi connectivity index (χ0) is 23.9. The Morgan fingerprint density at radius 3 is 2.19 bits per heavy atom. The monoisotopic (exact) mass is 472 g/mol. The minimum atomic E-state index is -2.27. The van der Waals surface area contributed by atoms with Crippen LogP contribution in [0.2, 0.25) is 36.3 Å². The van der Waals surface area contributed by atoms with Crippen molar-refractivity contribution in [2.45, 2.75) is 102 Å². The van der Waals surface area contributed by atoms with E-state index >= 15 is 4.39 Å². The average Bonchev–Trinajstić information content (AvgIpc) is 2.92. The van der Waals surface area contributed by atoms with E-state index in [1.807, 2.05) is 17.2 Å². The Morgan fingerprint density at radius 1 is 1.16 bits per heavy atom. The van der Waals surface area contributed by atoms with Crippen LogP contribution in [-0.2, 0) is 13.6 Å². The number of alkyl halides is 1. The van der Waals surface area contributed by atoms with Crippen molar-refractivity contribution >= 4 is 16.6 Å². The van der Waals surface area contributed by atoms with Crippen molar-refractivity contribution in [2.75, 3.05) is 19.8 Å². The van der Waals surface area contributed by atoms with Crippen LogP contribution in [0.4, 0.5) is 4.39 Å². The lowest BCUT2D eigenvalue weighted by Gasteiger charge is -2.44. The maximum absolute atomic E-state index is 16.1. The predicted molar refractivity (Wildman–Crippen MR) is 132 cm³/mol. The Hall–Kier alpha value is -0.516. The van der Waals surface area contributed by atoms with Crippen LogP contribution in [0, 0.1) is 0 Å². The van der Waals surface area contributed by atoms with Gasteiger partial charge in [-0.15, -0.1) is 6.58 Å². The first kappa shape index (κ1) is 26.7. The van der Waals surface area contributed by atoms with Gasteiger partial charge >= 0.3 is 0 Å². The van der Waals surface area contributed by atoms with Gasteiger partial charge in [0.15, 0.2) is 29.0 Å². The summed E-state index contributed by atoms with van der Waals surface area (Å²) in [6.07, 6.45) is 2.76. The molecule has 180 valence electrons. The number of hydrogen-bond acceptors (Lipinski definition) is 5. The van der Waals surface area contributed by atoms with Crippen LogP contribution in [0.25, 0.3) is 0 Å². The van der Waals surface area contributed by atoms with Gasteiger partial charge in [0.25, 0.3) is 0 Å². The summed E-state index contributed by atoms with van der Waals surface area (Å²) in [4.78, 5) is 1.87. The van der Waals surface area contributed by atoms with E-state index in [1.165, 1.54) is 0 Å². The van der Waals surface area contributed by atoms with Crippen LogP contribution in [-0.4, -0.2) is 65.5 Å². The van der Waals surface area contributed by atoms with Crippen molar-refractivity contribution in [1.29, 1.82) is 0 Å². The van der Waals surface area contributed by atoms with Crippen molar-refractivity contribution in [1.82, 2.24) is 10.2 Å². The highest BCUT2D eigenvalue weighted by Crippen LogP contribution is 2.46. The van der Waals surface area contributed by atoms with Gasteiger partial charge < -0.3 is 18.5 Å². The van der Waals surface area contributed by atoms with Gasteiger partial charge in [-0.2, -0.15) is 0 Å². The zero-order valence-corrected chi connectivity index (χ0v) is 23.3. The van der Waals surface area contributed by atoms with E-state index in [9.17, 15) is 0 Å². The highest BCUT2D eigenvalue weighted by atomic mass is 28.4. The molecule has 2 aliphatic rings. The molecule has 4 atom stereocenters. The van der Waals surface area contributed by atoms with Crippen LogP contribution >= 0.6 is 0 Å². The summed E-state index contributed by atoms with van der Waals surface area (Å²) in [7, 11) is -4.35. The first-order valence-electron chi connectivity index (χ1n) is 11.4. The topological polar surface area (TPSA) is 43.0 Å². The lowest BCUT2D eigenvalue weighted by Crippen LogP contribution is -2.55. The molecule has 0 aromatic heterocycles. The van der Waals surface area contributed by atoms with Crippen molar-refractivity contribution in [2.24, 2.45) is 0 Å². The molecular weight excluding hydrogens is 427 g/mol. The van der Waals surface area contributed by atoms with Gasteiger partial charge in [0, 0.05) is 12.7 Å². The third-order valence-electron chi connectivity index (χ3n) is 7.60. The Labute approximate surface area is 191 Å². The van der Waals surface area contributed by atoms with Gasteiger partial charge in [-0.1, -0.05) is 53.7 Å². The summed E-state index contributed by atoms with van der Waals surface area (Å²) in [6, 6.07) is 0. The van der Waals surface area contributed by atoms with Crippen LogP contribution in [0.15, 0.2) is 24.9 Å². The smallest absolute Gasteiger partial charge is 0.192 e. The van der Waals surface area contributed by atoms with Crippen LogP contribution in [0.3, 0.4) is 0 Å². The summed E-state index contributed by atoms with van der Waals surface area (Å²) in [5.74, 6) is 0. The molecule has 0 amide bonds. The Bertz CT molecular complexity index is 673. The van der Waals surface area contributed by atoms with E-state index in [4.69, 9.17) is 13.6 Å². The standard InChI is InChI=1S/C23H45FN2O3Si2/c1-12-23(16-27-30(8,9)21(2,3)4)19(29-31(10,11)22(5,6)7)18(24)20(28-23)26-15-13-14-25-17-26/h12-13,15,18-20,25H,1,14,16-17H2,2-11H3/t18-,19-,20+,23+/m0/s1. The van der Waals surface area contributed by atoms with Crippen LogP contribution in [0.5, 0.6) is 0 Å². The highest BCUT2D eigenvalue weighted by molar-refractivity contribution is 6.74. The fourth-order valence-electron chi connectivity index (χ4n) is 3.23. The second kappa shape index (κ2) is 9.02. The second-order valence-electron chi connectivity index (χ2n) is 12.0. The van der Waals surface area contributed by atoms with E-state index in [0.717, 1.165) is 6.54 Å². The molecule has 0 spiro atoms. The SMILES string of the molecule is C=C[C@]1(CO[Si](C)(C)C(C)(C)C)O[C@@H](N2C=CCNC2)[C@@H](F)[C@@H]1O[Si](C)(C)C(C)(C)C. The quantitative estimate of drug-likeness (QED) is 0.397. The molecular formula is C23H45FN2O3Si2. The molecule has 1 saturated heterocycles. The Kier molecular flexibility index (Phi) is 7.78. The number of ether oxygens (including phenoxy) is 1. The molecule has 0 aromatic carbocycles. The molecule has 31 heavy (non-hydrogen) atoms. The molecule has 5 nitrogen and oxygen atoms in total. The third kappa shape index (κ3) is 5.53. The fourth-order valence-corrected chi connectivity index (χ4v) is 5.56. The maximum atomic E-state index is 16.1. The van der Waals surface area contributed by atoms with Crippen molar-refractivity contribution in [3.05, 3.63) is 24.9 Å². The molecule has 1 N–H and O–H groups in total. The molecule has 0 radical (unpaired) electrons. The lowest BCUT2D eigenvalue weighted by atomic mass is 9.97. The van der Waals surface area contributed by atoms with Gasteiger partial charge in [0.1, 0.15) is 11.7 Å². The zero-order valence-electron chi connectivity index (χ0n) is 21.3. The average molecular weight is 473 g/mol. The molecule has 2 rings (SSSR count). The minimum absolute atomic E-state index is 0.0395. The van der Waals surface area contributed by atoms with E-state index in [-0.39, 0.29) is 16.7 Å². The van der Waals surface area contributed by atoms with Gasteiger partial charge in [0.2, 0.25) is 0 Å². The van der Waals surface area contributed by atoms with Crippen LogP contribution in [0.1, 0.15) is 41.5 Å². The highest BCUT2D eigenvalue weighted by Gasteiger charge is 2.59. The lowest BCUT2D eigenvalue weighted by molar-refractivity contribution is -0.110. The largest absolute Gasteiger partial charge is 0.413 e. The van der Waals surface area contributed by atoms with Gasteiger partial charge in [0.05, 0.1) is 13.3 Å². The summed E-state index contributed by atoms with van der Waals surface area (Å²) in [6.45, 7) is 27.4. The molecule has 1 fully saturated rings. The van der Waals surface area contributed by atoms with Crippen molar-refractivity contribution in [3.8, 4) is 0 Å². The third-order valence-corrected chi connectivity index (χ3v) is 16.5. The van der Waals surface area contributed by atoms with Crippen LogP contribution < -0.4 is 5.32 Å². The summed E-state index contributed by atoms with van der Waals surface area (Å²) >= 11 is 0. The maximum Gasteiger partial charge on any atom is 0.192 e. The number of rotatable bonds is 7. The molecule has 0 bridgehead atoms. The number of halogens is 1. The molecule has 2 aliphatic heterocycles. The summed E-state index contributed by atoms with van der Waals surface area (Å²) < 4.78 is 35.8. The van der Waals surface area contributed by atoms with E-state index < -0.39 is 40.7 Å². The second-order valence-corrected chi connectivity index (χ2v) is 21.5. The summed E-state index contributed by atoms with van der Waals surface area (Å²) in [5.41, 5.74) is -1.04. The Morgan fingerprint density at radius 2 is 1.74 bits per heavy atom. The minimum Gasteiger partial charge on any atom is -0.413 e. The number of nitrogens with zero attached hydrogens (tertiary/aromatic N) is 1. The summed E-state index contributed by atoms with van der Waals surface area (Å²) in [5, 5.41) is 3.24. The molecule has 0 aromatic rings. The van der Waals surface area contributed by atoms with Gasteiger partial charge in [-0.25, -0.2) is 4.39 Å². The first-order chi connectivity index (χ1) is 14.0. The van der Waals surface area contributed by atoms with Gasteiger partial charge in [-0.05, 0) is 36.3 Å². The molecule has 8 heteroatoms. The van der Waals surface area contributed by atoms with Crippen molar-refractivity contribution < 1.29 is 18.0 Å². The fraction of sp³-hybridized carbons (Fsp3) is 0.826. The molecule has 0 saturated carbocycles. The molecule has 0 unspecified atom stereocenters. The van der Waals surface area contributed by atoms with E-state index in [0.29, 0.717) is 6.67 Å². The van der Waals surface area contributed by atoms with E-state index in [1.54, 1.807) is 6.08 Å². The van der Waals surface area contributed by atoms with Gasteiger partial charge in [-0.3, -0.25) is 5.32 Å². The number of hydrogen-bond donors (Lipinski definition) is 1. The number of nitrogens with one attached hydrogen (secondary N) is 1.